The summed E-state index contributed by atoms with van der Waals surface area (Å²) in [5.74, 6) is -2.07. The van der Waals surface area contributed by atoms with Gasteiger partial charge in [-0.05, 0) is 43.0 Å². The Morgan fingerprint density at radius 3 is 2.52 bits per heavy atom. The summed E-state index contributed by atoms with van der Waals surface area (Å²) >= 11 is 0. The van der Waals surface area contributed by atoms with Gasteiger partial charge in [0.15, 0.2) is 18.9 Å². The van der Waals surface area contributed by atoms with Gasteiger partial charge in [0.25, 0.3) is 5.91 Å². The number of aromatic nitrogens is 1. The highest BCUT2D eigenvalue weighted by atomic mass is 19.1. The van der Waals surface area contributed by atoms with Crippen LogP contribution < -0.4 is 4.90 Å². The summed E-state index contributed by atoms with van der Waals surface area (Å²) in [6.45, 7) is 11.0. The first-order valence-electron chi connectivity index (χ1n) is 10.9. The molecule has 1 aromatic heterocycles. The van der Waals surface area contributed by atoms with Crippen LogP contribution in [0.25, 0.3) is 0 Å². The van der Waals surface area contributed by atoms with Crippen molar-refractivity contribution in [1.29, 1.82) is 0 Å². The molecule has 33 heavy (non-hydrogen) atoms. The highest BCUT2D eigenvalue weighted by Gasteiger charge is 2.43. The van der Waals surface area contributed by atoms with Crippen LogP contribution in [0.4, 0.5) is 10.2 Å². The summed E-state index contributed by atoms with van der Waals surface area (Å²) < 4.78 is 14.7. The molecule has 171 valence electrons. The van der Waals surface area contributed by atoms with Gasteiger partial charge in [0.05, 0.1) is 5.68 Å². The van der Waals surface area contributed by atoms with Crippen molar-refractivity contribution in [3.05, 3.63) is 71.2 Å². The summed E-state index contributed by atoms with van der Waals surface area (Å²) in [5, 5.41) is 0. The number of rotatable bonds is 8. The molecule has 3 rings (SSSR count). The lowest BCUT2D eigenvalue weighted by atomic mass is 9.69. The minimum absolute atomic E-state index is 0.0704. The van der Waals surface area contributed by atoms with Crippen molar-refractivity contribution < 1.29 is 18.8 Å². The quantitative estimate of drug-likeness (QED) is 0.458. The van der Waals surface area contributed by atoms with Crippen molar-refractivity contribution in [2.45, 2.75) is 46.6 Å². The zero-order chi connectivity index (χ0) is 24.3. The number of hydrogen-bond acceptors (Lipinski definition) is 4. The SMILES string of the molecule is C=C(CC(C)C(=O)[B]C)C1C(=O)N(c2ncc(C)cc2F)CC(=O)N1Cc1ccc(C)cc1. The van der Waals surface area contributed by atoms with Crippen LogP contribution in [0.15, 0.2) is 48.7 Å². The molecule has 1 radical (unpaired) electrons. The number of pyridine rings is 1. The molecular formula is C25H28BFN3O3. The van der Waals surface area contributed by atoms with Crippen molar-refractivity contribution in [1.82, 2.24) is 9.88 Å². The smallest absolute Gasteiger partial charge is 0.255 e. The molecule has 0 saturated carbocycles. The Morgan fingerprint density at radius 2 is 1.91 bits per heavy atom. The molecule has 0 bridgehead atoms. The first kappa shape index (κ1) is 24.4. The van der Waals surface area contributed by atoms with Crippen LogP contribution in [0, 0.1) is 25.6 Å². The molecule has 0 spiro atoms. The number of anilines is 1. The van der Waals surface area contributed by atoms with Crippen molar-refractivity contribution in [3.8, 4) is 0 Å². The molecule has 8 heteroatoms. The molecule has 2 heterocycles. The lowest BCUT2D eigenvalue weighted by Gasteiger charge is -2.41. The second-order valence-electron chi connectivity index (χ2n) is 8.61. The number of carbonyl (C=O) groups excluding carboxylic acids is 3. The summed E-state index contributed by atoms with van der Waals surface area (Å²) in [6.07, 6.45) is 1.69. The van der Waals surface area contributed by atoms with E-state index in [1.165, 1.54) is 24.4 Å². The third-order valence-electron chi connectivity index (χ3n) is 5.84. The number of halogens is 1. The molecule has 1 saturated heterocycles. The second kappa shape index (κ2) is 10.1. The average Bonchev–Trinajstić information content (AvgIpc) is 2.77. The summed E-state index contributed by atoms with van der Waals surface area (Å²) in [7, 11) is 1.48. The maximum Gasteiger partial charge on any atom is 0.255 e. The van der Waals surface area contributed by atoms with Gasteiger partial charge in [0.2, 0.25) is 5.91 Å². The fourth-order valence-electron chi connectivity index (χ4n) is 3.99. The largest absolute Gasteiger partial charge is 0.321 e. The summed E-state index contributed by atoms with van der Waals surface area (Å²) in [6, 6.07) is 7.93. The molecule has 0 N–H and O–H groups in total. The topological polar surface area (TPSA) is 70.6 Å². The average molecular weight is 448 g/mol. The minimum atomic E-state index is -1.03. The van der Waals surface area contributed by atoms with Gasteiger partial charge in [-0.3, -0.25) is 14.5 Å². The van der Waals surface area contributed by atoms with Crippen molar-refractivity contribution >= 4 is 30.6 Å². The molecule has 1 aliphatic rings. The van der Waals surface area contributed by atoms with Crippen LogP contribution in [-0.4, -0.2) is 47.2 Å². The lowest BCUT2D eigenvalue weighted by molar-refractivity contribution is -0.142. The Hall–Kier alpha value is -3.29. The molecule has 6 nitrogen and oxygen atoms in total. The van der Waals surface area contributed by atoms with Gasteiger partial charge >= 0.3 is 0 Å². The van der Waals surface area contributed by atoms with E-state index in [1.54, 1.807) is 20.7 Å². The fraction of sp³-hybridized carbons (Fsp3) is 0.360. The van der Waals surface area contributed by atoms with Crippen LogP contribution >= 0.6 is 0 Å². The van der Waals surface area contributed by atoms with E-state index in [4.69, 9.17) is 0 Å². The van der Waals surface area contributed by atoms with E-state index < -0.39 is 23.7 Å². The molecule has 1 aromatic carbocycles. The number of piperazine rings is 1. The predicted octanol–water partition coefficient (Wildman–Crippen LogP) is 3.44. The molecular weight excluding hydrogens is 420 g/mol. The molecule has 1 fully saturated rings. The van der Waals surface area contributed by atoms with Crippen LogP contribution in [0.3, 0.4) is 0 Å². The highest BCUT2D eigenvalue weighted by Crippen LogP contribution is 2.29. The van der Waals surface area contributed by atoms with Gasteiger partial charge in [0.1, 0.15) is 12.6 Å². The number of amides is 2. The summed E-state index contributed by atoms with van der Waals surface area (Å²) in [5.41, 5.74) is 2.91. The molecule has 2 unspecified atom stereocenters. The standard InChI is InChI=1S/C25H28BFN3O3/c1-15-6-8-19(9-7-15)13-29-21(31)14-30(24-20(27)10-16(2)12-28-24)25(33)22(29)17(3)11-18(4)23(32)26-5/h6-10,12,18,22H,3,11,13-14H2,1-2,4-5H3. The van der Waals surface area contributed by atoms with Gasteiger partial charge in [-0.25, -0.2) is 9.37 Å². The van der Waals surface area contributed by atoms with Crippen LogP contribution in [-0.2, 0) is 20.9 Å². The van der Waals surface area contributed by atoms with Gasteiger partial charge in [-0.2, -0.15) is 0 Å². The molecule has 2 atom stereocenters. The second-order valence-corrected chi connectivity index (χ2v) is 8.61. The van der Waals surface area contributed by atoms with E-state index in [0.717, 1.165) is 16.0 Å². The Kier molecular flexibility index (Phi) is 7.46. The number of aryl methyl sites for hydroxylation is 2. The number of hydrogen-bond donors (Lipinski definition) is 0. The molecule has 1 aliphatic heterocycles. The Bertz CT molecular complexity index is 1090. The fourth-order valence-corrected chi connectivity index (χ4v) is 3.99. The molecule has 2 amide bonds. The van der Waals surface area contributed by atoms with Gasteiger partial charge in [0, 0.05) is 18.7 Å². The van der Waals surface area contributed by atoms with E-state index in [-0.39, 0.29) is 36.9 Å². The van der Waals surface area contributed by atoms with Gasteiger partial charge < -0.3 is 9.69 Å². The van der Waals surface area contributed by atoms with Gasteiger partial charge in [-0.15, -0.1) is 0 Å². The number of carbonyl (C=O) groups is 3. The third-order valence-corrected chi connectivity index (χ3v) is 5.84. The number of nitrogens with zero attached hydrogens (tertiary/aromatic N) is 3. The van der Waals surface area contributed by atoms with Crippen LogP contribution in [0.1, 0.15) is 30.0 Å². The van der Waals surface area contributed by atoms with E-state index in [9.17, 15) is 18.8 Å². The molecule has 0 aliphatic carbocycles. The first-order chi connectivity index (χ1) is 15.6. The number of benzene rings is 1. The molecule has 2 aromatic rings. The minimum Gasteiger partial charge on any atom is -0.321 e. The zero-order valence-corrected chi connectivity index (χ0v) is 19.5. The van der Waals surface area contributed by atoms with Crippen LogP contribution in [0.5, 0.6) is 0 Å². The first-order valence-corrected chi connectivity index (χ1v) is 10.9. The van der Waals surface area contributed by atoms with Crippen molar-refractivity contribution in [3.63, 3.8) is 0 Å². The van der Waals surface area contributed by atoms with E-state index in [0.29, 0.717) is 11.1 Å². The summed E-state index contributed by atoms with van der Waals surface area (Å²) in [4.78, 5) is 45.6. The van der Waals surface area contributed by atoms with E-state index in [1.807, 2.05) is 31.2 Å². The third kappa shape index (κ3) is 5.38. The monoisotopic (exact) mass is 448 g/mol. The Morgan fingerprint density at radius 1 is 1.24 bits per heavy atom. The maximum atomic E-state index is 14.7. The van der Waals surface area contributed by atoms with Crippen LogP contribution in [0.2, 0.25) is 6.82 Å². The van der Waals surface area contributed by atoms with E-state index >= 15 is 0 Å². The van der Waals surface area contributed by atoms with E-state index in [2.05, 4.69) is 11.6 Å². The normalized spacial score (nSPS) is 17.2. The van der Waals surface area contributed by atoms with Gasteiger partial charge in [-0.1, -0.05) is 50.2 Å². The zero-order valence-electron chi connectivity index (χ0n) is 19.5. The predicted molar refractivity (Wildman–Crippen MR) is 126 cm³/mol. The lowest BCUT2D eigenvalue weighted by Crippen LogP contribution is -2.60. The maximum absolute atomic E-state index is 14.7. The Balaban J connectivity index is 1.97. The van der Waals surface area contributed by atoms with Crippen molar-refractivity contribution in [2.24, 2.45) is 5.92 Å². The van der Waals surface area contributed by atoms with Crippen molar-refractivity contribution in [2.75, 3.05) is 11.4 Å². The Labute approximate surface area is 194 Å². The highest BCUT2D eigenvalue weighted by molar-refractivity contribution is 6.73.